The van der Waals surface area contributed by atoms with E-state index in [-0.39, 0.29) is 16.1 Å². The van der Waals surface area contributed by atoms with Crippen molar-refractivity contribution in [1.29, 1.82) is 0 Å². The molecule has 146 valence electrons. The molecule has 0 spiro atoms. The summed E-state index contributed by atoms with van der Waals surface area (Å²) in [6, 6.07) is 8.27. The molecule has 0 aliphatic carbocycles. The molecule has 0 aromatic heterocycles. The number of rotatable bonds is 5. The minimum absolute atomic E-state index is 0.0223. The predicted octanol–water partition coefficient (Wildman–Crippen LogP) is 0.864. The molecule has 8 nitrogen and oxygen atoms in total. The van der Waals surface area contributed by atoms with Crippen LogP contribution in [0.15, 0.2) is 47.4 Å². The highest BCUT2D eigenvalue weighted by Crippen LogP contribution is 2.29. The summed E-state index contributed by atoms with van der Waals surface area (Å²) in [4.78, 5) is 35.8. The molecule has 0 saturated carbocycles. The molecule has 1 aliphatic rings. The fraction of sp³-hybridized carbons (Fsp3) is 0.118. The lowest BCUT2D eigenvalue weighted by Crippen LogP contribution is -2.42. The summed E-state index contributed by atoms with van der Waals surface area (Å²) >= 11 is 0. The van der Waals surface area contributed by atoms with E-state index in [2.05, 4.69) is 10.6 Å². The van der Waals surface area contributed by atoms with Crippen LogP contribution in [0.2, 0.25) is 0 Å². The van der Waals surface area contributed by atoms with E-state index in [1.54, 1.807) is 0 Å². The first kappa shape index (κ1) is 19.4. The Morgan fingerprint density at radius 2 is 1.71 bits per heavy atom. The van der Waals surface area contributed by atoms with E-state index in [9.17, 15) is 31.6 Å². The molecule has 1 heterocycles. The van der Waals surface area contributed by atoms with Gasteiger partial charge in [-0.3, -0.25) is 14.4 Å². The Morgan fingerprint density at radius 3 is 2.39 bits per heavy atom. The van der Waals surface area contributed by atoms with Gasteiger partial charge in [-0.2, -0.15) is 0 Å². The van der Waals surface area contributed by atoms with E-state index in [0.717, 1.165) is 18.2 Å². The topological polar surface area (TPSA) is 113 Å². The van der Waals surface area contributed by atoms with Gasteiger partial charge in [0.05, 0.1) is 12.1 Å². The summed E-state index contributed by atoms with van der Waals surface area (Å²) in [5.74, 6) is -4.71. The normalized spacial score (nSPS) is 14.5. The van der Waals surface area contributed by atoms with E-state index >= 15 is 0 Å². The highest BCUT2D eigenvalue weighted by atomic mass is 32.2. The van der Waals surface area contributed by atoms with Crippen LogP contribution in [0, 0.1) is 11.6 Å². The number of carbonyl (C=O) groups is 3. The zero-order chi connectivity index (χ0) is 20.5. The maximum Gasteiger partial charge on any atom is 0.269 e. The number of amides is 3. The Hall–Kier alpha value is -3.34. The summed E-state index contributed by atoms with van der Waals surface area (Å²) in [7, 11) is -4.14. The average Bonchev–Trinajstić information content (AvgIpc) is 2.84. The van der Waals surface area contributed by atoms with Gasteiger partial charge in [-0.15, -0.1) is 0 Å². The van der Waals surface area contributed by atoms with Crippen molar-refractivity contribution in [3.63, 3.8) is 0 Å². The Bertz CT molecular complexity index is 1090. The summed E-state index contributed by atoms with van der Waals surface area (Å²) in [5, 5.41) is 4.40. The molecule has 2 aromatic rings. The van der Waals surface area contributed by atoms with Crippen molar-refractivity contribution >= 4 is 33.4 Å². The third kappa shape index (κ3) is 3.69. The molecule has 0 saturated heterocycles. The molecule has 11 heteroatoms. The maximum atomic E-state index is 13.1. The number of halogens is 2. The molecular weight excluding hydrogens is 396 g/mol. The van der Waals surface area contributed by atoms with Gasteiger partial charge in [0.15, 0.2) is 11.6 Å². The van der Waals surface area contributed by atoms with Crippen molar-refractivity contribution in [2.24, 2.45) is 0 Å². The van der Waals surface area contributed by atoms with E-state index in [0.29, 0.717) is 4.31 Å². The number of benzene rings is 2. The van der Waals surface area contributed by atoms with Crippen LogP contribution in [0.1, 0.15) is 10.4 Å². The number of anilines is 1. The first-order valence-electron chi connectivity index (χ1n) is 7.88. The van der Waals surface area contributed by atoms with Crippen molar-refractivity contribution in [2.75, 3.05) is 18.4 Å². The molecule has 0 radical (unpaired) electrons. The van der Waals surface area contributed by atoms with Gasteiger partial charge in [0, 0.05) is 11.8 Å². The highest BCUT2D eigenvalue weighted by Gasteiger charge is 2.41. The second kappa shape index (κ2) is 7.35. The van der Waals surface area contributed by atoms with Gasteiger partial charge < -0.3 is 10.6 Å². The van der Waals surface area contributed by atoms with Gasteiger partial charge in [0.25, 0.3) is 15.9 Å². The Balaban J connectivity index is 1.58. The molecule has 0 fully saturated rings. The van der Waals surface area contributed by atoms with Crippen molar-refractivity contribution in [3.8, 4) is 0 Å². The number of hydrogen-bond acceptors (Lipinski definition) is 5. The molecular formula is C17H13F2N3O5S. The quantitative estimate of drug-likeness (QED) is 0.761. The van der Waals surface area contributed by atoms with Gasteiger partial charge in [-0.05, 0) is 24.3 Å². The van der Waals surface area contributed by atoms with Crippen molar-refractivity contribution in [1.82, 2.24) is 9.62 Å². The summed E-state index contributed by atoms with van der Waals surface area (Å²) in [5.41, 5.74) is -0.0581. The van der Waals surface area contributed by atoms with Crippen LogP contribution in [0.25, 0.3) is 0 Å². The summed E-state index contributed by atoms with van der Waals surface area (Å²) in [6.45, 7) is -1.36. The Kier molecular flexibility index (Phi) is 5.10. The lowest BCUT2D eigenvalue weighted by atomic mass is 10.2. The van der Waals surface area contributed by atoms with Gasteiger partial charge in [-0.25, -0.2) is 21.5 Å². The largest absolute Gasteiger partial charge is 0.345 e. The molecule has 1 aliphatic heterocycles. The van der Waals surface area contributed by atoms with E-state index in [1.165, 1.54) is 24.3 Å². The Morgan fingerprint density at radius 1 is 1.00 bits per heavy atom. The molecule has 3 rings (SSSR count). The number of carbonyl (C=O) groups excluding carboxylic acids is 3. The first-order valence-corrected chi connectivity index (χ1v) is 9.32. The first-order chi connectivity index (χ1) is 13.2. The predicted molar refractivity (Wildman–Crippen MR) is 92.7 cm³/mol. The van der Waals surface area contributed by atoms with Crippen molar-refractivity contribution in [2.45, 2.75) is 4.90 Å². The molecule has 28 heavy (non-hydrogen) atoms. The van der Waals surface area contributed by atoms with Crippen LogP contribution < -0.4 is 10.6 Å². The standard InChI is InChI=1S/C17H13F2N3O5S/c18-12-6-5-10(7-13(12)19)21-15(23)8-20-16(24)9-22-17(25)11-3-1-2-4-14(11)28(22,26)27/h1-7H,8-9H2,(H,20,24)(H,21,23). The fourth-order valence-corrected chi connectivity index (χ4v) is 4.06. The minimum Gasteiger partial charge on any atom is -0.345 e. The second-order valence-corrected chi connectivity index (χ2v) is 7.60. The second-order valence-electron chi connectivity index (χ2n) is 5.77. The van der Waals surface area contributed by atoms with Crippen LogP contribution in [0.5, 0.6) is 0 Å². The van der Waals surface area contributed by atoms with Crippen LogP contribution in [0.3, 0.4) is 0 Å². The number of hydrogen-bond donors (Lipinski definition) is 2. The van der Waals surface area contributed by atoms with Gasteiger partial charge in [0.1, 0.15) is 11.4 Å². The molecule has 0 bridgehead atoms. The van der Waals surface area contributed by atoms with E-state index < -0.39 is 52.5 Å². The molecule has 0 unspecified atom stereocenters. The monoisotopic (exact) mass is 409 g/mol. The average molecular weight is 409 g/mol. The lowest BCUT2D eigenvalue weighted by molar-refractivity contribution is -0.124. The van der Waals surface area contributed by atoms with Crippen LogP contribution in [0.4, 0.5) is 14.5 Å². The van der Waals surface area contributed by atoms with Gasteiger partial charge in [-0.1, -0.05) is 12.1 Å². The zero-order valence-corrected chi connectivity index (χ0v) is 14.9. The fourth-order valence-electron chi connectivity index (χ4n) is 2.53. The number of sulfonamides is 1. The van der Waals surface area contributed by atoms with Crippen molar-refractivity contribution < 1.29 is 31.6 Å². The smallest absolute Gasteiger partial charge is 0.269 e. The summed E-state index contributed by atoms with van der Waals surface area (Å²) in [6.07, 6.45) is 0. The van der Waals surface area contributed by atoms with Crippen LogP contribution in [-0.4, -0.2) is 43.5 Å². The minimum atomic E-state index is -4.14. The Labute approximate surface area is 158 Å². The number of fused-ring (bicyclic) bond motifs is 1. The number of nitrogens with one attached hydrogen (secondary N) is 2. The van der Waals surface area contributed by atoms with E-state index in [4.69, 9.17) is 0 Å². The molecule has 0 atom stereocenters. The van der Waals surface area contributed by atoms with Crippen molar-refractivity contribution in [3.05, 3.63) is 59.7 Å². The van der Waals surface area contributed by atoms with Gasteiger partial charge in [0.2, 0.25) is 11.8 Å². The third-order valence-electron chi connectivity index (χ3n) is 3.85. The van der Waals surface area contributed by atoms with Crippen LogP contribution in [-0.2, 0) is 19.6 Å². The van der Waals surface area contributed by atoms with Crippen LogP contribution >= 0.6 is 0 Å². The highest BCUT2D eigenvalue weighted by molar-refractivity contribution is 7.90. The molecule has 2 N–H and O–H groups in total. The summed E-state index contributed by atoms with van der Waals surface area (Å²) < 4.78 is 51.1. The van der Waals surface area contributed by atoms with Gasteiger partial charge >= 0.3 is 0 Å². The maximum absolute atomic E-state index is 13.1. The SMILES string of the molecule is O=C(CN1C(=O)c2ccccc2S1(=O)=O)NCC(=O)Nc1ccc(F)c(F)c1. The molecule has 3 amide bonds. The lowest BCUT2D eigenvalue weighted by Gasteiger charge is -2.14. The third-order valence-corrected chi connectivity index (χ3v) is 5.64. The number of nitrogens with zero attached hydrogens (tertiary/aromatic N) is 1. The molecule has 2 aromatic carbocycles. The zero-order valence-electron chi connectivity index (χ0n) is 14.1. The van der Waals surface area contributed by atoms with E-state index in [1.807, 2.05) is 0 Å².